The summed E-state index contributed by atoms with van der Waals surface area (Å²) in [5.74, 6) is 2.03. The highest BCUT2D eigenvalue weighted by Crippen LogP contribution is 2.34. The van der Waals surface area contributed by atoms with E-state index >= 15 is 0 Å². The molecule has 2 atom stereocenters. The summed E-state index contributed by atoms with van der Waals surface area (Å²) in [5.41, 5.74) is 3.48. The van der Waals surface area contributed by atoms with E-state index in [1.165, 1.54) is 7.11 Å². The third kappa shape index (κ3) is 4.75. The molecule has 2 aromatic carbocycles. The molecule has 0 saturated carbocycles. The van der Waals surface area contributed by atoms with Gasteiger partial charge in [-0.2, -0.15) is 0 Å². The van der Waals surface area contributed by atoms with Crippen LogP contribution < -0.4 is 10.1 Å². The highest BCUT2D eigenvalue weighted by molar-refractivity contribution is 5.88. The summed E-state index contributed by atoms with van der Waals surface area (Å²) in [6, 6.07) is 17.9. The number of methoxy groups -OCH3 is 1. The number of oxazole rings is 1. The van der Waals surface area contributed by atoms with E-state index in [4.69, 9.17) is 13.9 Å². The minimum atomic E-state index is -0.353. The van der Waals surface area contributed by atoms with Gasteiger partial charge in [0.1, 0.15) is 11.5 Å². The zero-order valence-electron chi connectivity index (χ0n) is 18.5. The van der Waals surface area contributed by atoms with Crippen LogP contribution in [0.5, 0.6) is 5.75 Å². The van der Waals surface area contributed by atoms with Gasteiger partial charge in [0.05, 0.1) is 19.4 Å². The van der Waals surface area contributed by atoms with Gasteiger partial charge in [-0.15, -0.1) is 0 Å². The molecule has 6 nitrogen and oxygen atoms in total. The van der Waals surface area contributed by atoms with Gasteiger partial charge >= 0.3 is 5.97 Å². The van der Waals surface area contributed by atoms with Crippen LogP contribution >= 0.6 is 0 Å². The van der Waals surface area contributed by atoms with Gasteiger partial charge < -0.3 is 19.2 Å². The molecular weight excluding hydrogens is 404 g/mol. The summed E-state index contributed by atoms with van der Waals surface area (Å²) in [4.78, 5) is 16.6. The Morgan fingerprint density at radius 2 is 2.00 bits per heavy atom. The number of carbonyl (C=O) groups is 1. The first-order chi connectivity index (χ1) is 15.6. The molecular formula is C26H28N2O4. The first-order valence-electron chi connectivity index (χ1n) is 10.8. The van der Waals surface area contributed by atoms with E-state index in [9.17, 15) is 4.79 Å². The lowest BCUT2D eigenvalue weighted by molar-refractivity contribution is -0.136. The molecule has 4 rings (SSSR count). The Hall–Kier alpha value is -3.38. The Kier molecular flexibility index (Phi) is 6.71. The number of aryl methyl sites for hydroxylation is 1. The second-order valence-corrected chi connectivity index (χ2v) is 7.95. The SMILES string of the molecule is C=C(C(=O)OC)[C@@H]1CNC[C@@H]1c1cccc(OCCc2nc(-c3ccccc3)oc2C)c1. The lowest BCUT2D eigenvalue weighted by Crippen LogP contribution is -2.20. The molecule has 2 heterocycles. The Labute approximate surface area is 188 Å². The van der Waals surface area contributed by atoms with Crippen LogP contribution in [0.15, 0.2) is 71.2 Å². The van der Waals surface area contributed by atoms with Gasteiger partial charge in [-0.1, -0.05) is 36.9 Å². The average Bonchev–Trinajstić information content (AvgIpc) is 3.46. The fourth-order valence-corrected chi connectivity index (χ4v) is 4.14. The summed E-state index contributed by atoms with van der Waals surface area (Å²) in [6.07, 6.45) is 0.652. The molecule has 0 bridgehead atoms. The predicted octanol–water partition coefficient (Wildman–Crippen LogP) is 4.30. The number of rotatable bonds is 8. The van der Waals surface area contributed by atoms with Gasteiger partial charge in [-0.3, -0.25) is 0 Å². The second kappa shape index (κ2) is 9.83. The topological polar surface area (TPSA) is 73.6 Å². The number of carbonyl (C=O) groups excluding carboxylic acids is 1. The van der Waals surface area contributed by atoms with Gasteiger partial charge in [0.25, 0.3) is 0 Å². The van der Waals surface area contributed by atoms with Crippen molar-refractivity contribution in [3.05, 3.63) is 83.8 Å². The van der Waals surface area contributed by atoms with Crippen molar-refractivity contribution in [2.45, 2.75) is 19.3 Å². The molecule has 0 spiro atoms. The Balaban J connectivity index is 1.39. The molecule has 0 aliphatic carbocycles. The molecule has 166 valence electrons. The van der Waals surface area contributed by atoms with Crippen LogP contribution in [0.25, 0.3) is 11.5 Å². The van der Waals surface area contributed by atoms with E-state index in [1.54, 1.807) is 0 Å². The van der Waals surface area contributed by atoms with Crippen molar-refractivity contribution in [2.24, 2.45) is 5.92 Å². The summed E-state index contributed by atoms with van der Waals surface area (Å²) in [6.45, 7) is 7.87. The van der Waals surface area contributed by atoms with Gasteiger partial charge in [0, 0.05) is 42.5 Å². The number of hydrogen-bond donors (Lipinski definition) is 1. The lowest BCUT2D eigenvalue weighted by atomic mass is 9.84. The molecule has 1 saturated heterocycles. The number of hydrogen-bond acceptors (Lipinski definition) is 6. The first kappa shape index (κ1) is 21.8. The first-order valence-corrected chi connectivity index (χ1v) is 10.8. The number of benzene rings is 2. The van der Waals surface area contributed by atoms with Crippen molar-refractivity contribution < 1.29 is 18.7 Å². The summed E-state index contributed by atoms with van der Waals surface area (Å²) in [7, 11) is 1.39. The number of nitrogens with one attached hydrogen (secondary N) is 1. The summed E-state index contributed by atoms with van der Waals surface area (Å²) >= 11 is 0. The van der Waals surface area contributed by atoms with Gasteiger partial charge in [-0.05, 0) is 36.8 Å². The third-order valence-corrected chi connectivity index (χ3v) is 5.92. The highest BCUT2D eigenvalue weighted by atomic mass is 16.5. The summed E-state index contributed by atoms with van der Waals surface area (Å²) in [5, 5.41) is 3.36. The molecule has 1 aliphatic rings. The minimum absolute atomic E-state index is 0.00638. The third-order valence-electron chi connectivity index (χ3n) is 5.92. The number of aromatic nitrogens is 1. The highest BCUT2D eigenvalue weighted by Gasteiger charge is 2.33. The molecule has 1 aromatic heterocycles. The quantitative estimate of drug-likeness (QED) is 0.423. The van der Waals surface area contributed by atoms with Crippen LogP contribution in [-0.4, -0.2) is 37.8 Å². The summed E-state index contributed by atoms with van der Waals surface area (Å²) < 4.78 is 16.7. The van der Waals surface area contributed by atoms with Crippen molar-refractivity contribution in [3.63, 3.8) is 0 Å². The standard InChI is InChI=1S/C26H28N2O4/c1-17(26(29)30-3)22-15-27-16-23(22)20-10-7-11-21(14-20)31-13-12-24-18(2)32-25(28-24)19-8-5-4-6-9-19/h4-11,14,22-23,27H,1,12-13,15-16H2,2-3H3/t22-,23+/m0/s1. The minimum Gasteiger partial charge on any atom is -0.493 e. The van der Waals surface area contributed by atoms with Crippen molar-refractivity contribution in [2.75, 3.05) is 26.8 Å². The Bertz CT molecular complexity index is 1090. The average molecular weight is 433 g/mol. The maximum absolute atomic E-state index is 12.0. The molecule has 0 radical (unpaired) electrons. The van der Waals surface area contributed by atoms with E-state index in [1.807, 2.05) is 55.5 Å². The van der Waals surface area contributed by atoms with Crippen LogP contribution in [0.3, 0.4) is 0 Å². The van der Waals surface area contributed by atoms with E-state index in [2.05, 4.69) is 22.9 Å². The van der Waals surface area contributed by atoms with Gasteiger partial charge in [0.2, 0.25) is 5.89 Å². The van der Waals surface area contributed by atoms with Crippen LogP contribution in [0, 0.1) is 12.8 Å². The van der Waals surface area contributed by atoms with Crippen LogP contribution in [-0.2, 0) is 16.0 Å². The Morgan fingerprint density at radius 3 is 2.78 bits per heavy atom. The zero-order chi connectivity index (χ0) is 22.5. The fourth-order valence-electron chi connectivity index (χ4n) is 4.14. The molecule has 1 aliphatic heterocycles. The molecule has 6 heteroatoms. The van der Waals surface area contributed by atoms with Gasteiger partial charge in [-0.25, -0.2) is 9.78 Å². The van der Waals surface area contributed by atoms with Gasteiger partial charge in [0.15, 0.2) is 0 Å². The largest absolute Gasteiger partial charge is 0.493 e. The van der Waals surface area contributed by atoms with Crippen molar-refractivity contribution >= 4 is 5.97 Å². The van der Waals surface area contributed by atoms with Crippen LogP contribution in [0.2, 0.25) is 0 Å². The lowest BCUT2D eigenvalue weighted by Gasteiger charge is -2.20. The zero-order valence-corrected chi connectivity index (χ0v) is 18.5. The van der Waals surface area contributed by atoms with E-state index in [-0.39, 0.29) is 17.8 Å². The monoisotopic (exact) mass is 432 g/mol. The second-order valence-electron chi connectivity index (χ2n) is 7.95. The molecule has 1 N–H and O–H groups in total. The van der Waals surface area contributed by atoms with E-state index in [0.717, 1.165) is 34.9 Å². The van der Waals surface area contributed by atoms with E-state index < -0.39 is 0 Å². The fraction of sp³-hybridized carbons (Fsp3) is 0.308. The van der Waals surface area contributed by atoms with Crippen molar-refractivity contribution in [1.82, 2.24) is 10.3 Å². The van der Waals surface area contributed by atoms with Crippen molar-refractivity contribution in [3.8, 4) is 17.2 Å². The maximum atomic E-state index is 12.0. The molecule has 32 heavy (non-hydrogen) atoms. The molecule has 0 amide bonds. The maximum Gasteiger partial charge on any atom is 0.333 e. The number of ether oxygens (including phenoxy) is 2. The molecule has 3 aromatic rings. The number of nitrogens with zero attached hydrogens (tertiary/aromatic N) is 1. The molecule has 0 unspecified atom stereocenters. The van der Waals surface area contributed by atoms with E-state index in [0.29, 0.717) is 31.0 Å². The molecule has 1 fully saturated rings. The number of esters is 1. The van der Waals surface area contributed by atoms with Crippen LogP contribution in [0.4, 0.5) is 0 Å². The Morgan fingerprint density at radius 1 is 1.19 bits per heavy atom. The van der Waals surface area contributed by atoms with Crippen LogP contribution in [0.1, 0.15) is 22.9 Å². The smallest absolute Gasteiger partial charge is 0.333 e. The normalized spacial score (nSPS) is 17.8. The van der Waals surface area contributed by atoms with Crippen molar-refractivity contribution in [1.29, 1.82) is 0 Å². The predicted molar refractivity (Wildman–Crippen MR) is 123 cm³/mol.